The van der Waals surface area contributed by atoms with E-state index in [1.54, 1.807) is 51.1 Å². The SMILES string of the molecule is C#Cc1ccccc1C(C(=O)Nc1c(C)cccc1C)N(CC=C)C(=O)C(NC(=O)OC(C)(C)C)C(C)CC. The average Bonchev–Trinajstić information content (AvgIpc) is 2.87. The van der Waals surface area contributed by atoms with E-state index in [9.17, 15) is 14.4 Å². The third-order valence-electron chi connectivity index (χ3n) is 6.46. The second-order valence-electron chi connectivity index (χ2n) is 10.7. The van der Waals surface area contributed by atoms with Gasteiger partial charge in [0.2, 0.25) is 5.91 Å². The number of aryl methyl sites for hydroxylation is 2. The van der Waals surface area contributed by atoms with Crippen LogP contribution in [0.2, 0.25) is 0 Å². The Kier molecular flexibility index (Phi) is 10.9. The van der Waals surface area contributed by atoms with E-state index in [1.165, 1.54) is 4.90 Å². The van der Waals surface area contributed by atoms with Gasteiger partial charge in [0.05, 0.1) is 0 Å². The molecule has 0 aromatic heterocycles. The number of nitrogens with one attached hydrogen (secondary N) is 2. The number of carbonyl (C=O) groups is 3. The molecule has 7 nitrogen and oxygen atoms in total. The molecule has 0 aliphatic rings. The van der Waals surface area contributed by atoms with Crippen LogP contribution in [-0.2, 0) is 14.3 Å². The zero-order chi connectivity index (χ0) is 29.3. The zero-order valence-electron chi connectivity index (χ0n) is 24.1. The molecule has 0 spiro atoms. The Morgan fingerprint density at radius 1 is 1.10 bits per heavy atom. The second-order valence-corrected chi connectivity index (χ2v) is 10.7. The van der Waals surface area contributed by atoms with Gasteiger partial charge < -0.3 is 20.3 Å². The Balaban J connectivity index is 2.63. The Bertz CT molecular complexity index is 1220. The number of benzene rings is 2. The van der Waals surface area contributed by atoms with Crippen molar-refractivity contribution in [2.24, 2.45) is 5.92 Å². The van der Waals surface area contributed by atoms with E-state index in [4.69, 9.17) is 11.2 Å². The lowest BCUT2D eigenvalue weighted by Gasteiger charge is -2.36. The largest absolute Gasteiger partial charge is 0.444 e. The molecule has 208 valence electrons. The number of alkyl carbamates (subject to hydrolysis) is 1. The molecule has 7 heteroatoms. The summed E-state index contributed by atoms with van der Waals surface area (Å²) in [7, 11) is 0. The number of rotatable bonds is 10. The Morgan fingerprint density at radius 3 is 2.26 bits per heavy atom. The third kappa shape index (κ3) is 8.22. The van der Waals surface area contributed by atoms with Crippen LogP contribution < -0.4 is 10.6 Å². The van der Waals surface area contributed by atoms with Crippen LogP contribution in [0.4, 0.5) is 10.5 Å². The van der Waals surface area contributed by atoms with Crippen LogP contribution in [-0.4, -0.2) is 41.0 Å². The number of ether oxygens (including phenoxy) is 1. The first-order valence-corrected chi connectivity index (χ1v) is 13.2. The summed E-state index contributed by atoms with van der Waals surface area (Å²) in [5, 5.41) is 5.77. The summed E-state index contributed by atoms with van der Waals surface area (Å²) in [5.41, 5.74) is 2.69. The predicted octanol–water partition coefficient (Wildman–Crippen LogP) is 5.92. The molecule has 0 aliphatic carbocycles. The van der Waals surface area contributed by atoms with Crippen molar-refractivity contribution < 1.29 is 19.1 Å². The molecule has 0 bridgehead atoms. The molecule has 3 amide bonds. The van der Waals surface area contributed by atoms with Crippen molar-refractivity contribution >= 4 is 23.6 Å². The summed E-state index contributed by atoms with van der Waals surface area (Å²) >= 11 is 0. The molecule has 3 unspecified atom stereocenters. The lowest BCUT2D eigenvalue weighted by atomic mass is 9.94. The molecule has 0 saturated carbocycles. The normalized spacial score (nSPS) is 13.3. The van der Waals surface area contributed by atoms with Crippen LogP contribution >= 0.6 is 0 Å². The van der Waals surface area contributed by atoms with Crippen molar-refractivity contribution in [3.8, 4) is 12.3 Å². The molecule has 2 N–H and O–H groups in total. The van der Waals surface area contributed by atoms with Crippen LogP contribution in [0.1, 0.15) is 69.3 Å². The van der Waals surface area contributed by atoms with Gasteiger partial charge in [-0.05, 0) is 63.3 Å². The van der Waals surface area contributed by atoms with Gasteiger partial charge in [0, 0.05) is 17.8 Å². The van der Waals surface area contributed by atoms with Crippen LogP contribution in [0.25, 0.3) is 0 Å². The molecular formula is C32H41N3O4. The van der Waals surface area contributed by atoms with E-state index in [-0.39, 0.29) is 12.5 Å². The first-order chi connectivity index (χ1) is 18.3. The molecule has 0 fully saturated rings. The number of para-hydroxylation sites is 1. The maximum atomic E-state index is 14.2. The van der Waals surface area contributed by atoms with Gasteiger partial charge in [0.1, 0.15) is 17.7 Å². The van der Waals surface area contributed by atoms with Crippen LogP contribution in [0.5, 0.6) is 0 Å². The van der Waals surface area contributed by atoms with Gasteiger partial charge in [-0.25, -0.2) is 4.79 Å². The second kappa shape index (κ2) is 13.7. The van der Waals surface area contributed by atoms with Gasteiger partial charge in [-0.1, -0.05) is 68.7 Å². The monoisotopic (exact) mass is 531 g/mol. The van der Waals surface area contributed by atoms with Gasteiger partial charge in [0.25, 0.3) is 5.91 Å². The van der Waals surface area contributed by atoms with E-state index in [0.717, 1.165) is 11.1 Å². The summed E-state index contributed by atoms with van der Waals surface area (Å²) in [6, 6.07) is 10.7. The zero-order valence-corrected chi connectivity index (χ0v) is 24.1. The standard InChI is InChI=1S/C32H41N3O4/c1-10-20-35(30(37)27(21(4)11-2)34-31(38)39-32(7,8)9)28(25-19-14-13-18-24(25)12-3)29(36)33-26-22(5)16-15-17-23(26)6/h3,10,13-19,21,27-28H,1,11,20H2,2,4-9H3,(H,33,36)(H,34,38). The number of anilines is 1. The quantitative estimate of drug-likeness (QED) is 0.294. The van der Waals surface area contributed by atoms with E-state index in [0.29, 0.717) is 23.2 Å². The smallest absolute Gasteiger partial charge is 0.408 e. The van der Waals surface area contributed by atoms with Crippen LogP contribution in [0.15, 0.2) is 55.1 Å². The first-order valence-electron chi connectivity index (χ1n) is 13.2. The fourth-order valence-corrected chi connectivity index (χ4v) is 4.28. The van der Waals surface area contributed by atoms with Crippen LogP contribution in [0, 0.1) is 32.1 Å². The van der Waals surface area contributed by atoms with Gasteiger partial charge in [-0.2, -0.15) is 0 Å². The Labute approximate surface area is 233 Å². The van der Waals surface area contributed by atoms with Crippen molar-refractivity contribution in [1.82, 2.24) is 10.2 Å². The highest BCUT2D eigenvalue weighted by Gasteiger charge is 2.38. The molecule has 2 rings (SSSR count). The Hall–Kier alpha value is -4.05. The van der Waals surface area contributed by atoms with Crippen molar-refractivity contribution in [2.75, 3.05) is 11.9 Å². The summed E-state index contributed by atoms with van der Waals surface area (Å²) < 4.78 is 5.44. The Morgan fingerprint density at radius 2 is 1.72 bits per heavy atom. The summed E-state index contributed by atoms with van der Waals surface area (Å²) in [4.78, 5) is 42.4. The van der Waals surface area contributed by atoms with E-state index >= 15 is 0 Å². The van der Waals surface area contributed by atoms with E-state index in [2.05, 4.69) is 23.1 Å². The summed E-state index contributed by atoms with van der Waals surface area (Å²) in [6.07, 6.45) is 7.26. The number of amides is 3. The number of nitrogens with zero attached hydrogens (tertiary/aromatic N) is 1. The predicted molar refractivity (Wildman–Crippen MR) is 156 cm³/mol. The van der Waals surface area contributed by atoms with Crippen molar-refractivity contribution in [3.05, 3.63) is 77.4 Å². The van der Waals surface area contributed by atoms with Gasteiger partial charge in [0.15, 0.2) is 0 Å². The first kappa shape index (κ1) is 31.2. The number of carbonyl (C=O) groups excluding carboxylic acids is 3. The number of hydrogen-bond donors (Lipinski definition) is 2. The molecule has 2 aromatic rings. The number of terminal acetylenes is 1. The maximum Gasteiger partial charge on any atom is 0.408 e. The fourth-order valence-electron chi connectivity index (χ4n) is 4.28. The maximum absolute atomic E-state index is 14.2. The number of hydrogen-bond acceptors (Lipinski definition) is 4. The van der Waals surface area contributed by atoms with Gasteiger partial charge >= 0.3 is 6.09 Å². The molecule has 0 aliphatic heterocycles. The van der Waals surface area contributed by atoms with Crippen molar-refractivity contribution in [3.63, 3.8) is 0 Å². The molecule has 2 aromatic carbocycles. The minimum absolute atomic E-state index is 0.0471. The summed E-state index contributed by atoms with van der Waals surface area (Å²) in [6.45, 7) is 16.7. The summed E-state index contributed by atoms with van der Waals surface area (Å²) in [5.74, 6) is 1.53. The highest BCUT2D eigenvalue weighted by atomic mass is 16.6. The topological polar surface area (TPSA) is 87.7 Å². The van der Waals surface area contributed by atoms with Gasteiger partial charge in [-0.3, -0.25) is 9.59 Å². The molecule has 0 saturated heterocycles. The van der Waals surface area contributed by atoms with Gasteiger partial charge in [-0.15, -0.1) is 13.0 Å². The third-order valence-corrected chi connectivity index (χ3v) is 6.46. The molecule has 0 radical (unpaired) electrons. The molecule has 3 atom stereocenters. The minimum atomic E-state index is -1.09. The van der Waals surface area contributed by atoms with E-state index < -0.39 is 35.6 Å². The van der Waals surface area contributed by atoms with Crippen molar-refractivity contribution in [1.29, 1.82) is 0 Å². The lowest BCUT2D eigenvalue weighted by Crippen LogP contribution is -2.54. The highest BCUT2D eigenvalue weighted by Crippen LogP contribution is 2.29. The lowest BCUT2D eigenvalue weighted by molar-refractivity contribution is -0.141. The molecule has 39 heavy (non-hydrogen) atoms. The average molecular weight is 532 g/mol. The fraction of sp³-hybridized carbons (Fsp3) is 0.406. The van der Waals surface area contributed by atoms with Crippen LogP contribution in [0.3, 0.4) is 0 Å². The minimum Gasteiger partial charge on any atom is -0.444 e. The molecule has 0 heterocycles. The van der Waals surface area contributed by atoms with Crippen molar-refractivity contribution in [2.45, 2.75) is 72.6 Å². The molecular weight excluding hydrogens is 490 g/mol. The van der Waals surface area contributed by atoms with E-state index in [1.807, 2.05) is 45.9 Å². The highest BCUT2D eigenvalue weighted by molar-refractivity contribution is 6.00.